The lowest BCUT2D eigenvalue weighted by Crippen LogP contribution is -2.45. The van der Waals surface area contributed by atoms with Crippen LogP contribution in [0.2, 0.25) is 5.02 Å². The van der Waals surface area contributed by atoms with Crippen LogP contribution in [0.5, 0.6) is 0 Å². The summed E-state index contributed by atoms with van der Waals surface area (Å²) < 4.78 is 16.5. The average molecular weight is 483 g/mol. The number of aliphatic hydroxyl groups excluding tert-OH is 1. The maximum Gasteiger partial charge on any atom is 0.290 e. The summed E-state index contributed by atoms with van der Waals surface area (Å²) in [4.78, 5) is 30.4. The van der Waals surface area contributed by atoms with Crippen LogP contribution in [-0.2, 0) is 9.53 Å². The largest absolute Gasteiger partial charge is 0.503 e. The summed E-state index contributed by atoms with van der Waals surface area (Å²) in [5.41, 5.74) is 0.477. The highest BCUT2D eigenvalue weighted by Gasteiger charge is 2.46. The molecule has 0 bridgehead atoms. The number of morpholine rings is 1. The molecule has 1 saturated heterocycles. The maximum atomic E-state index is 13.4. The standard InChI is InChI=1S/C25H23ClN2O6/c26-17-6-2-1-5-16(17)22-21(23(29)20-8-4-12-34-20)24(30)25(31)28(22)15-18(19-7-3-11-33-19)27-9-13-32-14-10-27/h1-8,11-12,18,22,30H,9-10,13-15H2. The van der Waals surface area contributed by atoms with Crippen LogP contribution in [0.1, 0.15) is 34.0 Å². The van der Waals surface area contributed by atoms with Crippen LogP contribution in [0.3, 0.4) is 0 Å². The van der Waals surface area contributed by atoms with Gasteiger partial charge in [0.25, 0.3) is 5.91 Å². The number of furan rings is 2. The molecular weight excluding hydrogens is 460 g/mol. The molecule has 0 saturated carbocycles. The fourth-order valence-electron chi connectivity index (χ4n) is 4.58. The van der Waals surface area contributed by atoms with E-state index in [4.69, 9.17) is 25.2 Å². The molecular formula is C25H23ClN2O6. The van der Waals surface area contributed by atoms with Gasteiger partial charge in [-0.25, -0.2) is 0 Å². The van der Waals surface area contributed by atoms with E-state index in [1.54, 1.807) is 42.7 Å². The topological polar surface area (TPSA) is 96.4 Å². The highest BCUT2D eigenvalue weighted by molar-refractivity contribution is 6.31. The van der Waals surface area contributed by atoms with Gasteiger partial charge in [0.1, 0.15) is 5.76 Å². The molecule has 3 aromatic rings. The molecule has 34 heavy (non-hydrogen) atoms. The predicted octanol–water partition coefficient (Wildman–Crippen LogP) is 4.18. The number of aliphatic hydroxyl groups is 1. The van der Waals surface area contributed by atoms with Crippen molar-refractivity contribution in [1.82, 2.24) is 9.80 Å². The van der Waals surface area contributed by atoms with E-state index in [0.717, 1.165) is 0 Å². The van der Waals surface area contributed by atoms with Gasteiger partial charge in [-0.05, 0) is 35.9 Å². The van der Waals surface area contributed by atoms with E-state index < -0.39 is 23.5 Å². The highest BCUT2D eigenvalue weighted by atomic mass is 35.5. The van der Waals surface area contributed by atoms with Gasteiger partial charge in [-0.3, -0.25) is 14.5 Å². The van der Waals surface area contributed by atoms with Crippen LogP contribution in [0, 0.1) is 0 Å². The molecule has 5 rings (SSSR count). The molecule has 0 spiro atoms. The Hall–Kier alpha value is -3.33. The summed E-state index contributed by atoms with van der Waals surface area (Å²) in [5.74, 6) is -1.11. The van der Waals surface area contributed by atoms with Gasteiger partial charge in [0.2, 0.25) is 5.78 Å². The van der Waals surface area contributed by atoms with Crippen molar-refractivity contribution in [3.05, 3.63) is 94.5 Å². The first kappa shape index (κ1) is 22.5. The Morgan fingerprint density at radius 3 is 2.47 bits per heavy atom. The fourth-order valence-corrected chi connectivity index (χ4v) is 4.82. The number of benzene rings is 1. The lowest BCUT2D eigenvalue weighted by atomic mass is 9.94. The van der Waals surface area contributed by atoms with Gasteiger partial charge in [-0.15, -0.1) is 0 Å². The molecule has 2 aliphatic rings. The number of hydrogen-bond donors (Lipinski definition) is 1. The van der Waals surface area contributed by atoms with E-state index in [1.165, 1.54) is 17.2 Å². The van der Waals surface area contributed by atoms with Crippen molar-refractivity contribution in [2.75, 3.05) is 32.8 Å². The Morgan fingerprint density at radius 2 is 1.79 bits per heavy atom. The minimum absolute atomic E-state index is 0.0315. The van der Waals surface area contributed by atoms with Gasteiger partial charge in [0.15, 0.2) is 11.5 Å². The van der Waals surface area contributed by atoms with E-state index >= 15 is 0 Å². The summed E-state index contributed by atoms with van der Waals surface area (Å²) in [7, 11) is 0. The minimum atomic E-state index is -0.891. The predicted molar refractivity (Wildman–Crippen MR) is 122 cm³/mol. The molecule has 0 radical (unpaired) electrons. The van der Waals surface area contributed by atoms with Gasteiger partial charge in [-0.2, -0.15) is 0 Å². The van der Waals surface area contributed by atoms with E-state index in [1.807, 2.05) is 6.07 Å². The lowest BCUT2D eigenvalue weighted by molar-refractivity contribution is -0.130. The number of ketones is 1. The fraction of sp³-hybridized carbons (Fsp3) is 0.280. The van der Waals surface area contributed by atoms with Crippen LogP contribution < -0.4 is 0 Å². The Bertz CT molecular complexity index is 1200. The number of carbonyl (C=O) groups is 2. The zero-order chi connectivity index (χ0) is 23.7. The van der Waals surface area contributed by atoms with Crippen LogP contribution in [0.15, 0.2) is 81.2 Å². The average Bonchev–Trinajstić information content (AvgIpc) is 3.62. The van der Waals surface area contributed by atoms with Crippen LogP contribution in [-0.4, -0.2) is 59.4 Å². The maximum absolute atomic E-state index is 13.4. The molecule has 2 aromatic heterocycles. The Labute approximate surface area is 201 Å². The smallest absolute Gasteiger partial charge is 0.290 e. The minimum Gasteiger partial charge on any atom is -0.503 e. The first-order valence-corrected chi connectivity index (χ1v) is 11.4. The van der Waals surface area contributed by atoms with Gasteiger partial charge >= 0.3 is 0 Å². The number of Topliss-reactive ketones (excluding diaryl/α,β-unsaturated/α-hetero) is 1. The quantitative estimate of drug-likeness (QED) is 0.504. The van der Waals surface area contributed by atoms with E-state index in [2.05, 4.69) is 4.90 Å². The molecule has 1 amide bonds. The number of halogens is 1. The Kier molecular flexibility index (Phi) is 6.28. The van der Waals surface area contributed by atoms with E-state index in [-0.39, 0.29) is 23.9 Å². The SMILES string of the molecule is O=C(C1=C(O)C(=O)N(CC(c2ccco2)N2CCOCC2)C1c1ccccc1Cl)c1ccco1. The van der Waals surface area contributed by atoms with Crippen LogP contribution >= 0.6 is 11.6 Å². The molecule has 8 nitrogen and oxygen atoms in total. The number of nitrogens with zero attached hydrogens (tertiary/aromatic N) is 2. The third-order valence-corrected chi connectivity index (χ3v) is 6.56. The summed E-state index contributed by atoms with van der Waals surface area (Å²) in [6, 6.07) is 12.5. The van der Waals surface area contributed by atoms with Crippen molar-refractivity contribution in [3.8, 4) is 0 Å². The molecule has 4 heterocycles. The molecule has 1 N–H and O–H groups in total. The third kappa shape index (κ3) is 4.04. The van der Waals surface area contributed by atoms with Crippen molar-refractivity contribution >= 4 is 23.3 Å². The summed E-state index contributed by atoms with van der Waals surface area (Å²) in [5, 5.41) is 11.3. The normalized spacial score (nSPS) is 20.2. The van der Waals surface area contributed by atoms with Crippen LogP contribution in [0.25, 0.3) is 0 Å². The van der Waals surface area contributed by atoms with Gasteiger partial charge in [0, 0.05) is 24.7 Å². The number of ether oxygens (including phenoxy) is 1. The Balaban J connectivity index is 1.57. The lowest BCUT2D eigenvalue weighted by Gasteiger charge is -2.37. The molecule has 2 atom stereocenters. The van der Waals surface area contributed by atoms with Gasteiger partial charge in [-0.1, -0.05) is 29.8 Å². The van der Waals surface area contributed by atoms with Gasteiger partial charge in [0.05, 0.1) is 43.4 Å². The second-order valence-corrected chi connectivity index (χ2v) is 8.54. The van der Waals surface area contributed by atoms with Crippen molar-refractivity contribution in [2.24, 2.45) is 0 Å². The zero-order valence-electron chi connectivity index (χ0n) is 18.2. The number of amides is 1. The van der Waals surface area contributed by atoms with Crippen molar-refractivity contribution < 1.29 is 28.3 Å². The summed E-state index contributed by atoms with van der Waals surface area (Å²) in [6.45, 7) is 2.60. The van der Waals surface area contributed by atoms with Gasteiger partial charge < -0.3 is 23.6 Å². The second kappa shape index (κ2) is 9.50. The van der Waals surface area contributed by atoms with Crippen LogP contribution in [0.4, 0.5) is 0 Å². The van der Waals surface area contributed by atoms with E-state index in [9.17, 15) is 14.7 Å². The highest BCUT2D eigenvalue weighted by Crippen LogP contribution is 2.43. The molecule has 2 unspecified atom stereocenters. The van der Waals surface area contributed by atoms with E-state index in [0.29, 0.717) is 42.6 Å². The second-order valence-electron chi connectivity index (χ2n) is 8.13. The van der Waals surface area contributed by atoms with Crippen molar-refractivity contribution in [2.45, 2.75) is 12.1 Å². The molecule has 2 aliphatic heterocycles. The van der Waals surface area contributed by atoms with Crippen molar-refractivity contribution in [1.29, 1.82) is 0 Å². The number of hydrogen-bond acceptors (Lipinski definition) is 7. The molecule has 1 aromatic carbocycles. The molecule has 1 fully saturated rings. The third-order valence-electron chi connectivity index (χ3n) is 6.22. The van der Waals surface area contributed by atoms with Crippen molar-refractivity contribution in [3.63, 3.8) is 0 Å². The molecule has 9 heteroatoms. The number of carbonyl (C=O) groups excluding carboxylic acids is 2. The first-order valence-electron chi connectivity index (χ1n) is 11.0. The molecule has 0 aliphatic carbocycles. The number of rotatable bonds is 7. The molecule has 176 valence electrons. The monoisotopic (exact) mass is 482 g/mol. The summed E-state index contributed by atoms with van der Waals surface area (Å²) >= 11 is 6.52. The Morgan fingerprint density at radius 1 is 1.06 bits per heavy atom. The summed E-state index contributed by atoms with van der Waals surface area (Å²) in [6.07, 6.45) is 2.96. The first-order chi connectivity index (χ1) is 16.6. The zero-order valence-corrected chi connectivity index (χ0v) is 19.0.